The first-order valence-electron chi connectivity index (χ1n) is 6.45. The van der Waals surface area contributed by atoms with Crippen molar-refractivity contribution in [1.82, 2.24) is 0 Å². The quantitative estimate of drug-likeness (QED) is 0.683. The van der Waals surface area contributed by atoms with Crippen LogP contribution < -0.4 is 14.8 Å². The van der Waals surface area contributed by atoms with Gasteiger partial charge in [0.1, 0.15) is 5.82 Å². The molecule has 4 nitrogen and oxygen atoms in total. The van der Waals surface area contributed by atoms with E-state index in [1.54, 1.807) is 24.3 Å². The molecule has 1 aliphatic rings. The molecule has 0 bridgehead atoms. The van der Waals surface area contributed by atoms with E-state index in [0.29, 0.717) is 22.1 Å². The van der Waals surface area contributed by atoms with Crippen molar-refractivity contribution in [2.24, 2.45) is 0 Å². The molecule has 2 aromatic carbocycles. The molecule has 1 heterocycles. The number of hydrogen-bond acceptors (Lipinski definition) is 4. The average molecular weight is 320 g/mol. The van der Waals surface area contributed by atoms with Crippen LogP contribution in [0.4, 0.5) is 10.1 Å². The van der Waals surface area contributed by atoms with E-state index in [4.69, 9.17) is 21.1 Å². The zero-order chi connectivity index (χ0) is 15.5. The highest BCUT2D eigenvalue weighted by Crippen LogP contribution is 2.32. The van der Waals surface area contributed by atoms with Crippen LogP contribution in [0.1, 0.15) is 10.4 Å². The lowest BCUT2D eigenvalue weighted by molar-refractivity contribution is 0.104. The second-order valence-corrected chi connectivity index (χ2v) is 4.97. The molecular weight excluding hydrogens is 309 g/mol. The summed E-state index contributed by atoms with van der Waals surface area (Å²) in [6.45, 7) is 0.153. The number of fused-ring (bicyclic) bond motifs is 1. The minimum atomic E-state index is -0.493. The van der Waals surface area contributed by atoms with Crippen molar-refractivity contribution in [2.75, 3.05) is 12.1 Å². The van der Waals surface area contributed by atoms with Gasteiger partial charge in [0, 0.05) is 22.9 Å². The minimum absolute atomic E-state index is 0.153. The first-order chi connectivity index (χ1) is 10.6. The van der Waals surface area contributed by atoms with Crippen molar-refractivity contribution >= 4 is 23.1 Å². The molecule has 1 aliphatic heterocycles. The number of ketones is 1. The van der Waals surface area contributed by atoms with E-state index in [0.717, 1.165) is 0 Å². The van der Waals surface area contributed by atoms with E-state index in [2.05, 4.69) is 5.32 Å². The molecule has 0 aliphatic carbocycles. The van der Waals surface area contributed by atoms with E-state index in [9.17, 15) is 9.18 Å². The molecule has 0 radical (unpaired) electrons. The van der Waals surface area contributed by atoms with E-state index in [1.165, 1.54) is 24.4 Å². The summed E-state index contributed by atoms with van der Waals surface area (Å²) in [5, 5.41) is 3.01. The summed E-state index contributed by atoms with van der Waals surface area (Å²) in [4.78, 5) is 12.0. The third kappa shape index (κ3) is 3.04. The van der Waals surface area contributed by atoms with Gasteiger partial charge in [-0.25, -0.2) is 4.39 Å². The van der Waals surface area contributed by atoms with Gasteiger partial charge in [0.05, 0.1) is 5.69 Å². The molecule has 0 saturated heterocycles. The topological polar surface area (TPSA) is 47.6 Å². The molecule has 22 heavy (non-hydrogen) atoms. The Labute approximate surface area is 131 Å². The van der Waals surface area contributed by atoms with Crippen LogP contribution in [0.2, 0.25) is 5.02 Å². The molecule has 0 aromatic heterocycles. The second-order valence-electron chi connectivity index (χ2n) is 4.53. The van der Waals surface area contributed by atoms with E-state index in [-0.39, 0.29) is 18.3 Å². The molecule has 0 fully saturated rings. The van der Waals surface area contributed by atoms with Crippen LogP contribution >= 0.6 is 11.6 Å². The SMILES string of the molecule is O=C(C=CNc1ccc(Cl)cc1F)c1ccc2c(c1)OCO2. The number of nitrogens with one attached hydrogen (secondary N) is 1. The van der Waals surface area contributed by atoms with Crippen LogP contribution in [0.5, 0.6) is 11.5 Å². The van der Waals surface area contributed by atoms with Gasteiger partial charge in [-0.2, -0.15) is 0 Å². The van der Waals surface area contributed by atoms with Crippen molar-refractivity contribution in [3.05, 3.63) is 65.1 Å². The molecule has 2 aromatic rings. The summed E-state index contributed by atoms with van der Waals surface area (Å²) in [5.41, 5.74) is 0.693. The summed E-state index contributed by atoms with van der Waals surface area (Å²) in [7, 11) is 0. The maximum Gasteiger partial charge on any atom is 0.231 e. The standard InChI is InChI=1S/C16H11ClFNO3/c17-11-2-3-13(12(18)8-11)19-6-5-14(20)10-1-4-15-16(7-10)22-9-21-15/h1-8,19H,9H2. The fourth-order valence-electron chi connectivity index (χ4n) is 1.96. The van der Waals surface area contributed by atoms with E-state index >= 15 is 0 Å². The molecular formula is C16H11ClFNO3. The van der Waals surface area contributed by atoms with Gasteiger partial charge in [0.15, 0.2) is 17.3 Å². The third-order valence-electron chi connectivity index (χ3n) is 3.06. The van der Waals surface area contributed by atoms with Gasteiger partial charge in [0.2, 0.25) is 6.79 Å². The number of ether oxygens (including phenoxy) is 2. The molecule has 112 valence electrons. The number of benzene rings is 2. The van der Waals surface area contributed by atoms with Crippen LogP contribution in [-0.2, 0) is 0 Å². The zero-order valence-electron chi connectivity index (χ0n) is 11.3. The lowest BCUT2D eigenvalue weighted by Crippen LogP contribution is -1.97. The van der Waals surface area contributed by atoms with E-state index in [1.807, 2.05) is 0 Å². The van der Waals surface area contributed by atoms with Crippen molar-refractivity contribution < 1.29 is 18.7 Å². The minimum Gasteiger partial charge on any atom is -0.454 e. The Morgan fingerprint density at radius 3 is 2.82 bits per heavy atom. The average Bonchev–Trinajstić information content (AvgIpc) is 2.96. The molecule has 0 unspecified atom stereocenters. The van der Waals surface area contributed by atoms with Gasteiger partial charge in [-0.1, -0.05) is 11.6 Å². The molecule has 6 heteroatoms. The van der Waals surface area contributed by atoms with Crippen LogP contribution in [-0.4, -0.2) is 12.6 Å². The first kappa shape index (κ1) is 14.4. The summed E-state index contributed by atoms with van der Waals surface area (Å²) in [6.07, 6.45) is 2.69. The Morgan fingerprint density at radius 2 is 2.00 bits per heavy atom. The van der Waals surface area contributed by atoms with Crippen molar-refractivity contribution in [3.8, 4) is 11.5 Å². The lowest BCUT2D eigenvalue weighted by Gasteiger charge is -2.03. The Kier molecular flexibility index (Phi) is 3.98. The highest BCUT2D eigenvalue weighted by atomic mass is 35.5. The molecule has 0 amide bonds. The van der Waals surface area contributed by atoms with Crippen molar-refractivity contribution in [1.29, 1.82) is 0 Å². The smallest absolute Gasteiger partial charge is 0.231 e. The maximum atomic E-state index is 13.6. The highest BCUT2D eigenvalue weighted by molar-refractivity contribution is 6.30. The van der Waals surface area contributed by atoms with Crippen molar-refractivity contribution in [3.63, 3.8) is 0 Å². The van der Waals surface area contributed by atoms with Gasteiger partial charge < -0.3 is 14.8 Å². The van der Waals surface area contributed by atoms with Crippen LogP contribution in [0.25, 0.3) is 0 Å². The lowest BCUT2D eigenvalue weighted by atomic mass is 10.1. The van der Waals surface area contributed by atoms with Gasteiger partial charge in [-0.05, 0) is 36.4 Å². The van der Waals surface area contributed by atoms with Gasteiger partial charge in [-0.15, -0.1) is 0 Å². The second kappa shape index (κ2) is 6.07. The Morgan fingerprint density at radius 1 is 1.18 bits per heavy atom. The molecule has 1 N–H and O–H groups in total. The number of anilines is 1. The summed E-state index contributed by atoms with van der Waals surface area (Å²) < 4.78 is 23.9. The number of halogens is 2. The number of carbonyl (C=O) groups is 1. The Bertz CT molecular complexity index is 761. The molecule has 0 spiro atoms. The number of rotatable bonds is 4. The van der Waals surface area contributed by atoms with Crippen molar-refractivity contribution in [2.45, 2.75) is 0 Å². The summed E-state index contributed by atoms with van der Waals surface area (Å²) in [5.74, 6) is 0.422. The number of allylic oxidation sites excluding steroid dienone is 1. The Hall–Kier alpha value is -2.53. The molecule has 0 saturated carbocycles. The van der Waals surface area contributed by atoms with Gasteiger partial charge >= 0.3 is 0 Å². The van der Waals surface area contributed by atoms with Gasteiger partial charge in [0.25, 0.3) is 0 Å². The monoisotopic (exact) mass is 319 g/mol. The largest absolute Gasteiger partial charge is 0.454 e. The van der Waals surface area contributed by atoms with E-state index < -0.39 is 5.82 Å². The fourth-order valence-corrected chi connectivity index (χ4v) is 2.12. The predicted molar refractivity (Wildman–Crippen MR) is 81.1 cm³/mol. The van der Waals surface area contributed by atoms with Crippen LogP contribution in [0, 0.1) is 5.82 Å². The normalized spacial score (nSPS) is 12.6. The zero-order valence-corrected chi connectivity index (χ0v) is 12.1. The van der Waals surface area contributed by atoms with Crippen LogP contribution in [0.15, 0.2) is 48.7 Å². The molecule has 3 rings (SSSR count). The fraction of sp³-hybridized carbons (Fsp3) is 0.0625. The highest BCUT2D eigenvalue weighted by Gasteiger charge is 2.15. The first-order valence-corrected chi connectivity index (χ1v) is 6.83. The number of carbonyl (C=O) groups excluding carboxylic acids is 1. The van der Waals surface area contributed by atoms with Gasteiger partial charge in [-0.3, -0.25) is 4.79 Å². The third-order valence-corrected chi connectivity index (χ3v) is 3.30. The maximum absolute atomic E-state index is 13.6. The predicted octanol–water partition coefficient (Wildman–Crippen LogP) is 4.02. The summed E-state index contributed by atoms with van der Waals surface area (Å²) >= 11 is 5.67. The summed E-state index contributed by atoms with van der Waals surface area (Å²) in [6, 6.07) is 9.17. The molecule has 0 atom stereocenters. The number of hydrogen-bond donors (Lipinski definition) is 1. The van der Waals surface area contributed by atoms with Crippen LogP contribution in [0.3, 0.4) is 0 Å². The Balaban J connectivity index is 1.68.